The van der Waals surface area contributed by atoms with Crippen LogP contribution in [-0.2, 0) is 16.6 Å². The molecule has 0 spiro atoms. The Morgan fingerprint density at radius 1 is 1.15 bits per heavy atom. The molecule has 1 aliphatic carbocycles. The highest BCUT2D eigenvalue weighted by Gasteiger charge is 2.49. The van der Waals surface area contributed by atoms with Crippen molar-refractivity contribution in [2.45, 2.75) is 44.1 Å². The Bertz CT molecular complexity index is 815. The van der Waals surface area contributed by atoms with Crippen LogP contribution in [0.3, 0.4) is 0 Å². The summed E-state index contributed by atoms with van der Waals surface area (Å²) >= 11 is 3.48. The molecule has 1 saturated carbocycles. The highest BCUT2D eigenvalue weighted by molar-refractivity contribution is 9.10. The van der Waals surface area contributed by atoms with Crippen molar-refractivity contribution in [1.29, 1.82) is 0 Å². The van der Waals surface area contributed by atoms with Crippen LogP contribution in [0.25, 0.3) is 0 Å². The van der Waals surface area contributed by atoms with Gasteiger partial charge < -0.3 is 14.8 Å². The molecular weight excluding hydrogens is 394 g/mol. The lowest BCUT2D eigenvalue weighted by atomic mass is 9.89. The number of fused-ring (bicyclic) bond motifs is 1. The van der Waals surface area contributed by atoms with Crippen molar-refractivity contribution >= 4 is 21.8 Å². The fraction of sp³-hybridized carbons (Fsp3) is 0.381. The highest BCUT2D eigenvalue weighted by Crippen LogP contribution is 2.51. The summed E-state index contributed by atoms with van der Waals surface area (Å²) in [7, 11) is 0. The Morgan fingerprint density at radius 3 is 2.62 bits per heavy atom. The zero-order valence-corrected chi connectivity index (χ0v) is 16.3. The van der Waals surface area contributed by atoms with Crippen LogP contribution in [-0.4, -0.2) is 18.7 Å². The maximum absolute atomic E-state index is 12.4. The van der Waals surface area contributed by atoms with E-state index in [-0.39, 0.29) is 24.2 Å². The lowest BCUT2D eigenvalue weighted by Crippen LogP contribution is -2.41. The lowest BCUT2D eigenvalue weighted by Gasteiger charge is -2.25. The van der Waals surface area contributed by atoms with E-state index in [9.17, 15) is 4.79 Å². The van der Waals surface area contributed by atoms with Crippen molar-refractivity contribution in [2.24, 2.45) is 0 Å². The molecule has 0 bridgehead atoms. The molecule has 1 heterocycles. The third kappa shape index (κ3) is 3.45. The highest BCUT2D eigenvalue weighted by atomic mass is 79.9. The van der Waals surface area contributed by atoms with Crippen molar-refractivity contribution in [2.75, 3.05) is 6.79 Å². The number of benzene rings is 2. The third-order valence-corrected chi connectivity index (χ3v) is 6.02. The first kappa shape index (κ1) is 17.4. The summed E-state index contributed by atoms with van der Waals surface area (Å²) in [5.74, 6) is 1.64. The van der Waals surface area contributed by atoms with Crippen molar-refractivity contribution in [3.8, 4) is 11.5 Å². The average molecular weight is 416 g/mol. The molecule has 2 aromatic carbocycles. The minimum Gasteiger partial charge on any atom is -0.454 e. The van der Waals surface area contributed by atoms with Crippen LogP contribution in [0.15, 0.2) is 46.9 Å². The number of carbonyl (C=O) groups is 1. The van der Waals surface area contributed by atoms with E-state index in [2.05, 4.69) is 52.4 Å². The van der Waals surface area contributed by atoms with Crippen LogP contribution >= 0.6 is 15.9 Å². The molecule has 4 nitrogen and oxygen atoms in total. The Kier molecular flexibility index (Phi) is 4.65. The van der Waals surface area contributed by atoms with Crippen LogP contribution in [0.5, 0.6) is 11.5 Å². The fourth-order valence-electron chi connectivity index (χ4n) is 3.69. The Labute approximate surface area is 162 Å². The molecular formula is C21H22BrNO3. The summed E-state index contributed by atoms with van der Waals surface area (Å²) in [6.07, 6.45) is 3.41. The summed E-state index contributed by atoms with van der Waals surface area (Å²) in [6, 6.07) is 14.5. The molecule has 4 rings (SSSR count). The normalized spacial score (nSPS) is 17.6. The maximum Gasteiger partial charge on any atom is 0.231 e. The molecule has 2 aromatic rings. The molecule has 1 fully saturated rings. The van der Waals surface area contributed by atoms with Crippen molar-refractivity contribution in [3.63, 3.8) is 0 Å². The minimum atomic E-state index is 0.0924. The van der Waals surface area contributed by atoms with E-state index in [1.165, 1.54) is 5.56 Å². The number of carbonyl (C=O) groups excluding carboxylic acids is 1. The largest absolute Gasteiger partial charge is 0.454 e. The molecule has 0 aromatic heterocycles. The van der Waals surface area contributed by atoms with Gasteiger partial charge in [-0.05, 0) is 61.6 Å². The summed E-state index contributed by atoms with van der Waals surface area (Å²) in [5, 5.41) is 3.21. The van der Waals surface area contributed by atoms with Gasteiger partial charge in [0.25, 0.3) is 0 Å². The van der Waals surface area contributed by atoms with E-state index in [1.54, 1.807) is 0 Å². The zero-order valence-electron chi connectivity index (χ0n) is 14.8. The van der Waals surface area contributed by atoms with Gasteiger partial charge in [0.2, 0.25) is 12.7 Å². The summed E-state index contributed by atoms with van der Waals surface area (Å²) in [4.78, 5) is 12.4. The first-order valence-electron chi connectivity index (χ1n) is 9.01. The van der Waals surface area contributed by atoms with Gasteiger partial charge in [-0.1, -0.05) is 34.1 Å². The smallest absolute Gasteiger partial charge is 0.231 e. The molecule has 1 atom stereocenters. The second-order valence-corrected chi connectivity index (χ2v) is 8.06. The van der Waals surface area contributed by atoms with Gasteiger partial charge in [0, 0.05) is 22.4 Å². The number of nitrogens with one attached hydrogen (secondary N) is 1. The van der Waals surface area contributed by atoms with E-state index in [0.717, 1.165) is 34.4 Å². The van der Waals surface area contributed by atoms with Crippen LogP contribution in [0.1, 0.15) is 37.3 Å². The van der Waals surface area contributed by atoms with E-state index in [0.29, 0.717) is 12.8 Å². The standard InChI is InChI=1S/C21H22BrNO3/c1-14(21(10-11-21)16-4-6-17(22)7-5-16)23-20(24)9-3-15-2-8-18-19(12-15)26-13-25-18/h2,4-8,12,14H,3,9-11,13H2,1H3,(H,23,24). The minimum absolute atomic E-state index is 0.0924. The molecule has 2 aliphatic rings. The van der Waals surface area contributed by atoms with Crippen LogP contribution in [0, 0.1) is 0 Å². The van der Waals surface area contributed by atoms with Gasteiger partial charge in [0.1, 0.15) is 0 Å². The molecule has 0 radical (unpaired) electrons. The number of hydrogen-bond donors (Lipinski definition) is 1. The zero-order chi connectivity index (χ0) is 18.1. The van der Waals surface area contributed by atoms with Gasteiger partial charge >= 0.3 is 0 Å². The Balaban J connectivity index is 1.34. The molecule has 1 unspecified atom stereocenters. The molecule has 136 valence electrons. The van der Waals surface area contributed by atoms with Gasteiger partial charge in [-0.25, -0.2) is 0 Å². The van der Waals surface area contributed by atoms with Crippen molar-refractivity contribution in [3.05, 3.63) is 58.1 Å². The maximum atomic E-state index is 12.4. The quantitative estimate of drug-likeness (QED) is 0.762. The summed E-state index contributed by atoms with van der Waals surface area (Å²) < 4.78 is 11.8. The van der Waals surface area contributed by atoms with Gasteiger partial charge in [-0.15, -0.1) is 0 Å². The van der Waals surface area contributed by atoms with Crippen LogP contribution < -0.4 is 14.8 Å². The Morgan fingerprint density at radius 2 is 1.88 bits per heavy atom. The van der Waals surface area contributed by atoms with E-state index in [1.807, 2.05) is 18.2 Å². The van der Waals surface area contributed by atoms with Gasteiger partial charge in [-0.3, -0.25) is 4.79 Å². The van der Waals surface area contributed by atoms with Crippen LogP contribution in [0.2, 0.25) is 0 Å². The predicted octanol–water partition coefficient (Wildman–Crippen LogP) is 4.35. The number of hydrogen-bond acceptors (Lipinski definition) is 3. The topological polar surface area (TPSA) is 47.6 Å². The van der Waals surface area contributed by atoms with Gasteiger partial charge in [-0.2, -0.15) is 0 Å². The summed E-state index contributed by atoms with van der Waals surface area (Å²) in [5.41, 5.74) is 2.49. The molecule has 0 saturated heterocycles. The Hall–Kier alpha value is -2.01. The molecule has 1 amide bonds. The number of halogens is 1. The number of amides is 1. The number of rotatable bonds is 6. The monoisotopic (exact) mass is 415 g/mol. The third-order valence-electron chi connectivity index (χ3n) is 5.49. The first-order chi connectivity index (χ1) is 12.6. The van der Waals surface area contributed by atoms with Crippen LogP contribution in [0.4, 0.5) is 0 Å². The molecule has 26 heavy (non-hydrogen) atoms. The van der Waals surface area contributed by atoms with Crippen molar-refractivity contribution in [1.82, 2.24) is 5.32 Å². The first-order valence-corrected chi connectivity index (χ1v) is 9.80. The molecule has 5 heteroatoms. The van der Waals surface area contributed by atoms with Gasteiger partial charge in [0.05, 0.1) is 0 Å². The van der Waals surface area contributed by atoms with E-state index in [4.69, 9.17) is 9.47 Å². The summed E-state index contributed by atoms with van der Waals surface area (Å²) in [6.45, 7) is 2.39. The number of aryl methyl sites for hydroxylation is 1. The van der Waals surface area contributed by atoms with E-state index < -0.39 is 0 Å². The second kappa shape index (κ2) is 6.95. The molecule has 1 aliphatic heterocycles. The second-order valence-electron chi connectivity index (χ2n) is 7.14. The molecule has 1 N–H and O–H groups in total. The average Bonchev–Trinajstić information content (AvgIpc) is 3.32. The lowest BCUT2D eigenvalue weighted by molar-refractivity contribution is -0.121. The SMILES string of the molecule is CC(NC(=O)CCc1ccc2c(c1)OCO2)C1(c2ccc(Br)cc2)CC1. The predicted molar refractivity (Wildman–Crippen MR) is 104 cm³/mol. The van der Waals surface area contributed by atoms with E-state index >= 15 is 0 Å². The van der Waals surface area contributed by atoms with Gasteiger partial charge in [0.15, 0.2) is 11.5 Å². The fourth-order valence-corrected chi connectivity index (χ4v) is 3.96. The number of ether oxygens (including phenoxy) is 2. The van der Waals surface area contributed by atoms with Crippen molar-refractivity contribution < 1.29 is 14.3 Å².